The van der Waals surface area contributed by atoms with Crippen LogP contribution in [0.15, 0.2) is 30.7 Å². The highest BCUT2D eigenvalue weighted by Crippen LogP contribution is 2.34. The zero-order valence-corrected chi connectivity index (χ0v) is 21.3. The van der Waals surface area contributed by atoms with Crippen LogP contribution in [0, 0.1) is 6.92 Å². The molecule has 1 unspecified atom stereocenters. The number of pyridine rings is 1. The van der Waals surface area contributed by atoms with E-state index in [1.165, 1.54) is 0 Å². The van der Waals surface area contributed by atoms with E-state index in [9.17, 15) is 4.79 Å². The van der Waals surface area contributed by atoms with Crippen molar-refractivity contribution in [2.75, 3.05) is 39.4 Å². The van der Waals surface area contributed by atoms with Crippen LogP contribution in [-0.2, 0) is 9.47 Å². The monoisotopic (exact) mass is 479 g/mol. The molecule has 3 aromatic heterocycles. The first-order chi connectivity index (χ1) is 16.9. The van der Waals surface area contributed by atoms with Crippen LogP contribution in [0.5, 0.6) is 0 Å². The van der Waals surface area contributed by atoms with Gasteiger partial charge in [-0.15, -0.1) is 0 Å². The number of fused-ring (bicyclic) bond motifs is 1. The molecule has 0 aliphatic carbocycles. The smallest absolute Gasteiger partial charge is 0.338 e. The lowest BCUT2D eigenvalue weighted by Gasteiger charge is -2.34. The fraction of sp³-hybridized carbons (Fsp3) is 0.556. The molecule has 2 saturated heterocycles. The molecule has 35 heavy (non-hydrogen) atoms. The molecule has 2 fully saturated rings. The van der Waals surface area contributed by atoms with Crippen LogP contribution in [0.2, 0.25) is 0 Å². The summed E-state index contributed by atoms with van der Waals surface area (Å²) < 4.78 is 15.5. The van der Waals surface area contributed by atoms with Crippen molar-refractivity contribution in [2.24, 2.45) is 0 Å². The first-order valence-corrected chi connectivity index (χ1v) is 12.9. The quantitative estimate of drug-likeness (QED) is 0.539. The van der Waals surface area contributed by atoms with E-state index < -0.39 is 0 Å². The highest BCUT2D eigenvalue weighted by atomic mass is 16.5. The molecular formula is C27H37N5O3. The summed E-state index contributed by atoms with van der Waals surface area (Å²) in [6.07, 6.45) is 8.00. The van der Waals surface area contributed by atoms with Crippen molar-refractivity contribution in [3.63, 3.8) is 0 Å². The Labute approximate surface area is 207 Å². The van der Waals surface area contributed by atoms with Crippen molar-refractivity contribution >= 4 is 11.5 Å². The Hall–Kier alpha value is -2.68. The van der Waals surface area contributed by atoms with E-state index in [1.54, 1.807) is 0 Å². The number of nitrogens with zero attached hydrogens (tertiary/aromatic N) is 4. The van der Waals surface area contributed by atoms with Gasteiger partial charge in [-0.25, -0.2) is 4.79 Å². The second-order valence-electron chi connectivity index (χ2n) is 10.0. The Bertz CT molecular complexity index is 1190. The van der Waals surface area contributed by atoms with Gasteiger partial charge in [0, 0.05) is 74.6 Å². The molecular weight excluding hydrogens is 442 g/mol. The maximum Gasteiger partial charge on any atom is 0.338 e. The molecule has 8 nitrogen and oxygen atoms in total. The Morgan fingerprint density at radius 3 is 2.66 bits per heavy atom. The Morgan fingerprint density at radius 1 is 1.20 bits per heavy atom. The molecule has 0 saturated carbocycles. The van der Waals surface area contributed by atoms with Gasteiger partial charge in [-0.3, -0.25) is 9.58 Å². The molecule has 0 bridgehead atoms. The summed E-state index contributed by atoms with van der Waals surface area (Å²) in [4.78, 5) is 15.7. The van der Waals surface area contributed by atoms with Gasteiger partial charge in [-0.05, 0) is 58.2 Å². The fourth-order valence-electron chi connectivity index (χ4n) is 5.48. The number of hydrogen-bond donors (Lipinski definition) is 1. The molecule has 5 rings (SSSR count). The van der Waals surface area contributed by atoms with Gasteiger partial charge in [0.15, 0.2) is 0 Å². The summed E-state index contributed by atoms with van der Waals surface area (Å²) in [7, 11) is 0. The van der Waals surface area contributed by atoms with Crippen LogP contribution in [0.1, 0.15) is 67.3 Å². The maximum atomic E-state index is 13.2. The maximum absolute atomic E-state index is 13.2. The number of carbonyl (C=O) groups is 1. The van der Waals surface area contributed by atoms with Crippen LogP contribution >= 0.6 is 0 Å². The van der Waals surface area contributed by atoms with Gasteiger partial charge in [0.1, 0.15) is 0 Å². The Morgan fingerprint density at radius 2 is 1.94 bits per heavy atom. The third-order valence-electron chi connectivity index (χ3n) is 7.39. The molecule has 0 amide bonds. The summed E-state index contributed by atoms with van der Waals surface area (Å²) in [6.45, 7) is 13.6. The minimum atomic E-state index is -0.265. The van der Waals surface area contributed by atoms with Crippen molar-refractivity contribution in [2.45, 2.75) is 58.7 Å². The topological polar surface area (TPSA) is 73.0 Å². The summed E-state index contributed by atoms with van der Waals surface area (Å²) >= 11 is 0. The third-order valence-corrected chi connectivity index (χ3v) is 7.39. The first kappa shape index (κ1) is 24.0. The predicted molar refractivity (Wildman–Crippen MR) is 136 cm³/mol. The number of hydrogen-bond acceptors (Lipinski definition) is 6. The van der Waals surface area contributed by atoms with Gasteiger partial charge in [-0.2, -0.15) is 5.10 Å². The number of carbonyl (C=O) groups excluding carboxylic acids is 1. The fourth-order valence-corrected chi connectivity index (χ4v) is 5.48. The van der Waals surface area contributed by atoms with Gasteiger partial charge in [0.2, 0.25) is 0 Å². The molecule has 5 heterocycles. The van der Waals surface area contributed by atoms with Gasteiger partial charge in [-0.1, -0.05) is 0 Å². The molecule has 0 radical (unpaired) electrons. The SMILES string of the molecule is Cc1c(C(=O)OC(C)C)cc2c(-c3cnn(C4CCOCC4)c3)ccn2c1C(C)N1CCNCC1. The minimum absolute atomic E-state index is 0.164. The number of aromatic nitrogens is 3. The molecule has 0 spiro atoms. The first-order valence-electron chi connectivity index (χ1n) is 12.9. The zero-order valence-electron chi connectivity index (χ0n) is 21.3. The highest BCUT2D eigenvalue weighted by Gasteiger charge is 2.27. The standard InChI is InChI=1S/C27H37N5O3/c1-18(2)35-27(33)24-15-25-23(21-16-29-32(17-21)22-6-13-34-14-7-22)5-10-31(25)26(19(24)3)20(4)30-11-8-28-9-12-30/h5,10,15-18,20,22,28H,6-9,11-14H2,1-4H3. The van der Waals surface area contributed by atoms with E-state index in [0.29, 0.717) is 11.6 Å². The van der Waals surface area contributed by atoms with Crippen molar-refractivity contribution in [1.29, 1.82) is 0 Å². The summed E-state index contributed by atoms with van der Waals surface area (Å²) in [5, 5.41) is 8.13. The lowest BCUT2D eigenvalue weighted by Crippen LogP contribution is -2.45. The number of rotatable bonds is 6. The van der Waals surface area contributed by atoms with E-state index in [-0.39, 0.29) is 18.1 Å². The average Bonchev–Trinajstić information content (AvgIpc) is 3.51. The molecule has 2 aliphatic rings. The summed E-state index contributed by atoms with van der Waals surface area (Å²) in [5.41, 5.74) is 5.91. The molecule has 2 aliphatic heterocycles. The Balaban J connectivity index is 1.60. The molecule has 188 valence electrons. The Kier molecular flexibility index (Phi) is 6.95. The molecule has 3 aromatic rings. The largest absolute Gasteiger partial charge is 0.459 e. The van der Waals surface area contributed by atoms with E-state index in [4.69, 9.17) is 14.6 Å². The molecule has 0 aromatic carbocycles. The number of esters is 1. The van der Waals surface area contributed by atoms with Gasteiger partial charge < -0.3 is 19.2 Å². The van der Waals surface area contributed by atoms with Crippen LogP contribution in [0.3, 0.4) is 0 Å². The minimum Gasteiger partial charge on any atom is -0.459 e. The van der Waals surface area contributed by atoms with Crippen LogP contribution < -0.4 is 5.32 Å². The van der Waals surface area contributed by atoms with E-state index >= 15 is 0 Å². The average molecular weight is 480 g/mol. The van der Waals surface area contributed by atoms with Crippen molar-refractivity contribution < 1.29 is 14.3 Å². The van der Waals surface area contributed by atoms with Crippen molar-refractivity contribution in [3.8, 4) is 11.1 Å². The van der Waals surface area contributed by atoms with Crippen LogP contribution in [0.4, 0.5) is 0 Å². The summed E-state index contributed by atoms with van der Waals surface area (Å²) in [5.74, 6) is -0.265. The summed E-state index contributed by atoms with van der Waals surface area (Å²) in [6, 6.07) is 4.67. The zero-order chi connectivity index (χ0) is 24.5. The van der Waals surface area contributed by atoms with Crippen molar-refractivity contribution in [3.05, 3.63) is 47.5 Å². The molecule has 1 N–H and O–H groups in total. The molecule has 1 atom stereocenters. The van der Waals surface area contributed by atoms with Gasteiger partial charge in [0.25, 0.3) is 0 Å². The number of nitrogens with one attached hydrogen (secondary N) is 1. The second-order valence-corrected chi connectivity index (χ2v) is 10.0. The van der Waals surface area contributed by atoms with Gasteiger partial charge in [0.05, 0.1) is 29.4 Å². The lowest BCUT2D eigenvalue weighted by atomic mass is 10.00. The van der Waals surface area contributed by atoms with E-state index in [1.807, 2.05) is 33.0 Å². The van der Waals surface area contributed by atoms with Crippen LogP contribution in [0.25, 0.3) is 16.6 Å². The second kappa shape index (κ2) is 10.1. The predicted octanol–water partition coefficient (Wildman–Crippen LogP) is 3.99. The van der Waals surface area contributed by atoms with Gasteiger partial charge >= 0.3 is 5.97 Å². The normalized spacial score (nSPS) is 18.9. The van der Waals surface area contributed by atoms with Crippen LogP contribution in [-0.4, -0.2) is 70.5 Å². The lowest BCUT2D eigenvalue weighted by molar-refractivity contribution is 0.0376. The van der Waals surface area contributed by atoms with E-state index in [0.717, 1.165) is 80.1 Å². The van der Waals surface area contributed by atoms with Crippen molar-refractivity contribution in [1.82, 2.24) is 24.4 Å². The highest BCUT2D eigenvalue weighted by molar-refractivity contribution is 5.95. The van der Waals surface area contributed by atoms with E-state index in [2.05, 4.69) is 44.7 Å². The third kappa shape index (κ3) is 4.75. The number of ether oxygens (including phenoxy) is 2. The molecule has 8 heteroatoms. The number of piperazine rings is 1.